The van der Waals surface area contributed by atoms with Crippen LogP contribution in [0.15, 0.2) is 56.7 Å². The number of halogens is 1. The van der Waals surface area contributed by atoms with E-state index in [1.807, 2.05) is 11.8 Å². The minimum absolute atomic E-state index is 0.596. The van der Waals surface area contributed by atoms with E-state index in [2.05, 4.69) is 75.2 Å². The van der Waals surface area contributed by atoms with Gasteiger partial charge in [0.05, 0.1) is 11.4 Å². The van der Waals surface area contributed by atoms with Crippen molar-refractivity contribution in [2.45, 2.75) is 28.7 Å². The molecular weight excluding hydrogens is 356 g/mol. The zero-order valence-electron chi connectivity index (χ0n) is 12.6. The van der Waals surface area contributed by atoms with Gasteiger partial charge in [-0.1, -0.05) is 39.8 Å². The van der Waals surface area contributed by atoms with Crippen LogP contribution in [0.25, 0.3) is 0 Å². The molecule has 0 aliphatic carbocycles. The van der Waals surface area contributed by atoms with Gasteiger partial charge in [-0.3, -0.25) is 0 Å². The number of anilines is 2. The van der Waals surface area contributed by atoms with E-state index in [1.54, 1.807) is 0 Å². The Balaban J connectivity index is 1.79. The van der Waals surface area contributed by atoms with Crippen LogP contribution in [0.2, 0.25) is 0 Å². The van der Waals surface area contributed by atoms with Crippen molar-refractivity contribution in [2.24, 2.45) is 0 Å². The van der Waals surface area contributed by atoms with E-state index >= 15 is 0 Å². The fraction of sp³-hybridized carbons (Fsp3) is 0.333. The first kappa shape index (κ1) is 14.6. The molecule has 0 unspecified atom stereocenters. The van der Waals surface area contributed by atoms with Gasteiger partial charge in [-0.15, -0.1) is 0 Å². The SMILES string of the molecule is CN1CCC(N2c3ccccc3Sc3cc(Br)ccc32)CC1. The van der Waals surface area contributed by atoms with Crippen molar-refractivity contribution in [2.75, 3.05) is 25.0 Å². The second-order valence-electron chi connectivity index (χ2n) is 6.09. The third kappa shape index (κ3) is 2.57. The third-order valence-corrected chi connectivity index (χ3v) is 6.18. The van der Waals surface area contributed by atoms with Gasteiger partial charge in [0.2, 0.25) is 0 Å². The second-order valence-corrected chi connectivity index (χ2v) is 8.09. The van der Waals surface area contributed by atoms with Crippen LogP contribution >= 0.6 is 27.7 Å². The summed E-state index contributed by atoms with van der Waals surface area (Å²) in [5, 5.41) is 0. The van der Waals surface area contributed by atoms with Gasteiger partial charge in [0.25, 0.3) is 0 Å². The van der Waals surface area contributed by atoms with Crippen LogP contribution in [0.4, 0.5) is 11.4 Å². The summed E-state index contributed by atoms with van der Waals surface area (Å²) in [4.78, 5) is 7.74. The highest BCUT2D eigenvalue weighted by Crippen LogP contribution is 2.50. The lowest BCUT2D eigenvalue weighted by atomic mass is 10.0. The van der Waals surface area contributed by atoms with Gasteiger partial charge in [0.1, 0.15) is 0 Å². The molecule has 2 aromatic rings. The highest BCUT2D eigenvalue weighted by molar-refractivity contribution is 9.10. The van der Waals surface area contributed by atoms with Crippen LogP contribution in [0.1, 0.15) is 12.8 Å². The first-order chi connectivity index (χ1) is 10.7. The number of likely N-dealkylation sites (tertiary alicyclic amines) is 1. The Labute approximate surface area is 144 Å². The summed E-state index contributed by atoms with van der Waals surface area (Å²) in [5.74, 6) is 0. The maximum atomic E-state index is 3.62. The average molecular weight is 375 g/mol. The van der Waals surface area contributed by atoms with E-state index in [0.717, 1.165) is 4.47 Å². The monoisotopic (exact) mass is 374 g/mol. The summed E-state index contributed by atoms with van der Waals surface area (Å²) in [6, 6.07) is 16.1. The normalized spacial score (nSPS) is 18.9. The number of nitrogens with zero attached hydrogens (tertiary/aromatic N) is 2. The fourth-order valence-electron chi connectivity index (χ4n) is 3.41. The molecule has 2 nitrogen and oxygen atoms in total. The van der Waals surface area contributed by atoms with Crippen LogP contribution in [0.5, 0.6) is 0 Å². The van der Waals surface area contributed by atoms with E-state index in [-0.39, 0.29) is 0 Å². The molecule has 2 aliphatic heterocycles. The molecule has 4 rings (SSSR count). The Kier molecular flexibility index (Phi) is 3.93. The Morgan fingerprint density at radius 3 is 2.55 bits per heavy atom. The van der Waals surface area contributed by atoms with E-state index in [1.165, 1.54) is 47.1 Å². The molecule has 114 valence electrons. The van der Waals surface area contributed by atoms with Crippen molar-refractivity contribution in [3.8, 4) is 0 Å². The van der Waals surface area contributed by atoms with Gasteiger partial charge in [-0.2, -0.15) is 0 Å². The summed E-state index contributed by atoms with van der Waals surface area (Å²) < 4.78 is 1.15. The molecule has 0 aromatic heterocycles. The molecule has 0 amide bonds. The minimum atomic E-state index is 0.596. The number of piperidine rings is 1. The number of hydrogen-bond acceptors (Lipinski definition) is 3. The van der Waals surface area contributed by atoms with E-state index in [4.69, 9.17) is 0 Å². The van der Waals surface area contributed by atoms with Gasteiger partial charge < -0.3 is 9.80 Å². The average Bonchev–Trinajstić information content (AvgIpc) is 2.53. The van der Waals surface area contributed by atoms with Gasteiger partial charge in [-0.25, -0.2) is 0 Å². The fourth-order valence-corrected chi connectivity index (χ4v) is 5.03. The lowest BCUT2D eigenvalue weighted by Crippen LogP contribution is -2.42. The molecule has 2 heterocycles. The van der Waals surface area contributed by atoms with Crippen molar-refractivity contribution in [1.29, 1.82) is 0 Å². The lowest BCUT2D eigenvalue weighted by Gasteiger charge is -2.42. The van der Waals surface area contributed by atoms with Crippen LogP contribution in [0, 0.1) is 0 Å². The third-order valence-electron chi connectivity index (χ3n) is 4.58. The number of hydrogen-bond donors (Lipinski definition) is 0. The molecule has 0 saturated carbocycles. The summed E-state index contributed by atoms with van der Waals surface area (Å²) in [7, 11) is 2.22. The lowest BCUT2D eigenvalue weighted by molar-refractivity contribution is 0.255. The molecule has 22 heavy (non-hydrogen) atoms. The summed E-state index contributed by atoms with van der Waals surface area (Å²) >= 11 is 5.50. The van der Waals surface area contributed by atoms with Crippen LogP contribution in [-0.4, -0.2) is 31.1 Å². The summed E-state index contributed by atoms with van der Waals surface area (Å²) in [6.45, 7) is 2.37. The van der Waals surface area contributed by atoms with Gasteiger partial charge in [-0.05, 0) is 63.3 Å². The van der Waals surface area contributed by atoms with Crippen LogP contribution in [-0.2, 0) is 0 Å². The molecule has 4 heteroatoms. The molecule has 0 spiro atoms. The standard InChI is InChI=1S/C18H19BrN2S/c1-20-10-8-14(9-11-20)21-15-4-2-3-5-17(15)22-18-12-13(19)6-7-16(18)21/h2-7,12,14H,8-11H2,1H3. The summed E-state index contributed by atoms with van der Waals surface area (Å²) in [6.07, 6.45) is 2.45. The van der Waals surface area contributed by atoms with Gasteiger partial charge in [0.15, 0.2) is 0 Å². The molecule has 0 N–H and O–H groups in total. The first-order valence-electron chi connectivity index (χ1n) is 7.76. The predicted molar refractivity (Wildman–Crippen MR) is 97.4 cm³/mol. The number of benzene rings is 2. The van der Waals surface area contributed by atoms with E-state index in [9.17, 15) is 0 Å². The minimum Gasteiger partial charge on any atom is -0.336 e. The zero-order valence-corrected chi connectivity index (χ0v) is 15.0. The number of para-hydroxylation sites is 1. The smallest absolute Gasteiger partial charge is 0.0556 e. The zero-order chi connectivity index (χ0) is 15.1. The molecule has 0 bridgehead atoms. The Morgan fingerprint density at radius 1 is 1.00 bits per heavy atom. The molecule has 1 fully saturated rings. The quantitative estimate of drug-likeness (QED) is 0.681. The molecule has 0 atom stereocenters. The molecule has 0 radical (unpaired) electrons. The molecular formula is C18H19BrN2S. The van der Waals surface area contributed by atoms with Gasteiger partial charge >= 0.3 is 0 Å². The molecule has 2 aromatic carbocycles. The van der Waals surface area contributed by atoms with Gasteiger partial charge in [0, 0.05) is 20.3 Å². The van der Waals surface area contributed by atoms with E-state index in [0.29, 0.717) is 6.04 Å². The molecule has 2 aliphatic rings. The van der Waals surface area contributed by atoms with Crippen molar-refractivity contribution < 1.29 is 0 Å². The molecule has 1 saturated heterocycles. The van der Waals surface area contributed by atoms with Crippen molar-refractivity contribution in [1.82, 2.24) is 4.90 Å². The highest BCUT2D eigenvalue weighted by Gasteiger charge is 2.30. The maximum Gasteiger partial charge on any atom is 0.0556 e. The van der Waals surface area contributed by atoms with Crippen molar-refractivity contribution in [3.05, 3.63) is 46.9 Å². The predicted octanol–water partition coefficient (Wildman–Crippen LogP) is 5.15. The van der Waals surface area contributed by atoms with Crippen LogP contribution in [0.3, 0.4) is 0 Å². The Morgan fingerprint density at radius 2 is 1.73 bits per heavy atom. The largest absolute Gasteiger partial charge is 0.336 e. The van der Waals surface area contributed by atoms with Crippen LogP contribution < -0.4 is 4.90 Å². The first-order valence-corrected chi connectivity index (χ1v) is 9.37. The number of rotatable bonds is 1. The highest BCUT2D eigenvalue weighted by atomic mass is 79.9. The second kappa shape index (κ2) is 5.91. The maximum absolute atomic E-state index is 3.62. The number of fused-ring (bicyclic) bond motifs is 2. The van der Waals surface area contributed by atoms with Crippen molar-refractivity contribution in [3.63, 3.8) is 0 Å². The Hall–Kier alpha value is -0.970. The summed E-state index contributed by atoms with van der Waals surface area (Å²) in [5.41, 5.74) is 2.73. The topological polar surface area (TPSA) is 6.48 Å². The Bertz CT molecular complexity index is 695. The van der Waals surface area contributed by atoms with E-state index < -0.39 is 0 Å². The van der Waals surface area contributed by atoms with Crippen molar-refractivity contribution >= 4 is 39.1 Å².